The highest BCUT2D eigenvalue weighted by molar-refractivity contribution is 6.10. The summed E-state index contributed by atoms with van der Waals surface area (Å²) in [5, 5.41) is 4.17. The van der Waals surface area contributed by atoms with Crippen molar-refractivity contribution >= 4 is 43.9 Å². The maximum atomic E-state index is 6.61. The fourth-order valence-corrected chi connectivity index (χ4v) is 6.85. The number of benzene rings is 7. The van der Waals surface area contributed by atoms with Gasteiger partial charge in [-0.2, -0.15) is 0 Å². The van der Waals surface area contributed by atoms with E-state index in [1.165, 1.54) is 0 Å². The second kappa shape index (κ2) is 11.4. The molecule has 0 unspecified atom stereocenters. The molecule has 10 aromatic rings. The Labute approximate surface area is 287 Å². The predicted octanol–water partition coefficient (Wildman–Crippen LogP) is 12.0. The van der Waals surface area contributed by atoms with Crippen molar-refractivity contribution in [1.82, 2.24) is 15.0 Å². The zero-order valence-corrected chi connectivity index (χ0v) is 26.7. The molecular formula is C45H27N3O2. The van der Waals surface area contributed by atoms with Gasteiger partial charge in [-0.1, -0.05) is 121 Å². The highest BCUT2D eigenvalue weighted by Crippen LogP contribution is 2.38. The molecule has 0 saturated heterocycles. The van der Waals surface area contributed by atoms with Crippen molar-refractivity contribution in [1.29, 1.82) is 0 Å². The van der Waals surface area contributed by atoms with Crippen LogP contribution >= 0.6 is 0 Å². The summed E-state index contributed by atoms with van der Waals surface area (Å²) in [5.74, 6) is 1.68. The van der Waals surface area contributed by atoms with E-state index in [0.717, 1.165) is 82.8 Å². The Morgan fingerprint density at radius 3 is 1.36 bits per heavy atom. The second-order valence-electron chi connectivity index (χ2n) is 12.4. The standard InChI is InChI=1S/C45H27N3O2/c1-4-11-28(12-5-1)31-19-22-34-35-24-21-33(27-40(35)49-39(34)25-31)44-46-43(30-15-8-3-9-16-30)47-45(48-44)38-18-10-17-37-36-23-20-32(26-41(36)50-42(37)38)29-13-6-2-7-14-29/h1-27H. The molecule has 5 nitrogen and oxygen atoms in total. The van der Waals surface area contributed by atoms with Crippen LogP contribution in [0.1, 0.15) is 0 Å². The van der Waals surface area contributed by atoms with Crippen LogP contribution in [0, 0.1) is 0 Å². The number of hydrogen-bond acceptors (Lipinski definition) is 5. The molecule has 3 aromatic heterocycles. The SMILES string of the molecule is c1ccc(-c2ccc3c(c2)oc2cc(-c4nc(-c5ccccc5)nc(-c5cccc6c5oc5cc(-c7ccccc7)ccc56)n4)ccc23)cc1. The van der Waals surface area contributed by atoms with E-state index >= 15 is 0 Å². The van der Waals surface area contributed by atoms with Gasteiger partial charge in [0.15, 0.2) is 17.5 Å². The van der Waals surface area contributed by atoms with E-state index in [2.05, 4.69) is 78.9 Å². The van der Waals surface area contributed by atoms with Crippen LogP contribution in [0.25, 0.3) is 100 Å². The average molecular weight is 642 g/mol. The van der Waals surface area contributed by atoms with Crippen LogP contribution < -0.4 is 0 Å². The van der Waals surface area contributed by atoms with Gasteiger partial charge in [0.1, 0.15) is 22.3 Å². The van der Waals surface area contributed by atoms with Crippen molar-refractivity contribution in [2.45, 2.75) is 0 Å². The first-order valence-corrected chi connectivity index (χ1v) is 16.6. The van der Waals surface area contributed by atoms with Gasteiger partial charge in [-0.25, -0.2) is 15.0 Å². The molecular weight excluding hydrogens is 615 g/mol. The van der Waals surface area contributed by atoms with Crippen molar-refractivity contribution in [2.75, 3.05) is 0 Å². The van der Waals surface area contributed by atoms with Crippen LogP contribution in [0.2, 0.25) is 0 Å². The Bertz CT molecular complexity index is 2860. The summed E-state index contributed by atoms with van der Waals surface area (Å²) < 4.78 is 13.1. The lowest BCUT2D eigenvalue weighted by Gasteiger charge is -2.08. The minimum Gasteiger partial charge on any atom is -0.456 e. The molecule has 7 aromatic carbocycles. The molecule has 0 fully saturated rings. The van der Waals surface area contributed by atoms with E-state index in [4.69, 9.17) is 23.8 Å². The maximum absolute atomic E-state index is 6.61. The highest BCUT2D eigenvalue weighted by Gasteiger charge is 2.19. The smallest absolute Gasteiger partial charge is 0.167 e. The Morgan fingerprint density at radius 2 is 0.760 bits per heavy atom. The first kappa shape index (κ1) is 28.2. The van der Waals surface area contributed by atoms with Gasteiger partial charge in [-0.3, -0.25) is 0 Å². The van der Waals surface area contributed by atoms with E-state index in [-0.39, 0.29) is 0 Å². The average Bonchev–Trinajstić information content (AvgIpc) is 3.76. The van der Waals surface area contributed by atoms with Gasteiger partial charge in [-0.15, -0.1) is 0 Å². The van der Waals surface area contributed by atoms with Crippen molar-refractivity contribution in [2.24, 2.45) is 0 Å². The van der Waals surface area contributed by atoms with E-state index in [1.54, 1.807) is 0 Å². The summed E-state index contributed by atoms with van der Waals surface area (Å²) in [6.07, 6.45) is 0. The van der Waals surface area contributed by atoms with Crippen LogP contribution in [0.4, 0.5) is 0 Å². The molecule has 3 heterocycles. The molecule has 5 heteroatoms. The molecule has 234 valence electrons. The number of rotatable bonds is 5. The summed E-state index contributed by atoms with van der Waals surface area (Å²) in [6, 6.07) is 55.8. The molecule has 0 amide bonds. The molecule has 0 N–H and O–H groups in total. The highest BCUT2D eigenvalue weighted by atomic mass is 16.3. The Morgan fingerprint density at radius 1 is 0.300 bits per heavy atom. The summed E-state index contributed by atoms with van der Waals surface area (Å²) in [5.41, 5.74) is 10.2. The second-order valence-corrected chi connectivity index (χ2v) is 12.4. The minimum atomic E-state index is 0.541. The van der Waals surface area contributed by atoms with Crippen molar-refractivity contribution in [3.05, 3.63) is 164 Å². The molecule has 0 aliphatic carbocycles. The summed E-state index contributed by atoms with van der Waals surface area (Å²) in [7, 11) is 0. The number of furan rings is 2. The molecule has 0 saturated carbocycles. The lowest BCUT2D eigenvalue weighted by Crippen LogP contribution is -2.00. The fourth-order valence-electron chi connectivity index (χ4n) is 6.85. The largest absolute Gasteiger partial charge is 0.456 e. The molecule has 0 bridgehead atoms. The topological polar surface area (TPSA) is 65.0 Å². The number of nitrogens with zero attached hydrogens (tertiary/aromatic N) is 3. The normalized spacial score (nSPS) is 11.6. The van der Waals surface area contributed by atoms with Crippen LogP contribution in [-0.2, 0) is 0 Å². The van der Waals surface area contributed by atoms with Gasteiger partial charge in [0.25, 0.3) is 0 Å². The first-order valence-electron chi connectivity index (χ1n) is 16.6. The Kier molecular flexibility index (Phi) is 6.42. The van der Waals surface area contributed by atoms with Gasteiger partial charge < -0.3 is 8.83 Å². The molecule has 50 heavy (non-hydrogen) atoms. The van der Waals surface area contributed by atoms with Crippen LogP contribution in [0.5, 0.6) is 0 Å². The van der Waals surface area contributed by atoms with Crippen LogP contribution in [-0.4, -0.2) is 15.0 Å². The molecule has 0 aliphatic rings. The molecule has 0 radical (unpaired) electrons. The third kappa shape index (κ3) is 4.75. The lowest BCUT2D eigenvalue weighted by molar-refractivity contribution is 0.668. The van der Waals surface area contributed by atoms with Crippen LogP contribution in [0.15, 0.2) is 173 Å². The van der Waals surface area contributed by atoms with E-state index in [9.17, 15) is 0 Å². The predicted molar refractivity (Wildman–Crippen MR) is 202 cm³/mol. The van der Waals surface area contributed by atoms with Gasteiger partial charge in [0.05, 0.1) is 5.56 Å². The maximum Gasteiger partial charge on any atom is 0.167 e. The third-order valence-electron chi connectivity index (χ3n) is 9.35. The number of hydrogen-bond donors (Lipinski definition) is 0. The molecule has 0 aliphatic heterocycles. The van der Waals surface area contributed by atoms with Crippen molar-refractivity contribution in [3.8, 4) is 56.4 Å². The Hall–Kier alpha value is -6.85. The molecule has 0 spiro atoms. The summed E-state index contributed by atoms with van der Waals surface area (Å²) in [4.78, 5) is 15.1. The van der Waals surface area contributed by atoms with Gasteiger partial charge in [0.2, 0.25) is 0 Å². The van der Waals surface area contributed by atoms with Gasteiger partial charge in [0, 0.05) is 32.7 Å². The molecule has 10 rings (SSSR count). The zero-order valence-electron chi connectivity index (χ0n) is 26.7. The van der Waals surface area contributed by atoms with Crippen molar-refractivity contribution in [3.63, 3.8) is 0 Å². The van der Waals surface area contributed by atoms with E-state index < -0.39 is 0 Å². The first-order chi connectivity index (χ1) is 24.7. The Balaban J connectivity index is 1.12. The van der Waals surface area contributed by atoms with E-state index in [1.807, 2.05) is 84.9 Å². The summed E-state index contributed by atoms with van der Waals surface area (Å²) >= 11 is 0. The van der Waals surface area contributed by atoms with Gasteiger partial charge >= 0.3 is 0 Å². The molecule has 0 atom stereocenters. The summed E-state index contributed by atoms with van der Waals surface area (Å²) in [6.45, 7) is 0. The minimum absolute atomic E-state index is 0.541. The van der Waals surface area contributed by atoms with Crippen LogP contribution in [0.3, 0.4) is 0 Å². The van der Waals surface area contributed by atoms with Gasteiger partial charge in [-0.05, 0) is 64.7 Å². The zero-order chi connectivity index (χ0) is 33.0. The van der Waals surface area contributed by atoms with Crippen molar-refractivity contribution < 1.29 is 8.83 Å². The number of fused-ring (bicyclic) bond motifs is 6. The lowest BCUT2D eigenvalue weighted by atomic mass is 10.0. The quantitative estimate of drug-likeness (QED) is 0.187. The number of para-hydroxylation sites is 1. The fraction of sp³-hybridized carbons (Fsp3) is 0. The number of aromatic nitrogens is 3. The van der Waals surface area contributed by atoms with E-state index in [0.29, 0.717) is 17.5 Å². The monoisotopic (exact) mass is 641 g/mol. The third-order valence-corrected chi connectivity index (χ3v) is 9.35.